The molecule has 1 amide bonds. The maximum atomic E-state index is 12.6. The highest BCUT2D eigenvalue weighted by atomic mass is 19.4. The van der Waals surface area contributed by atoms with Crippen molar-refractivity contribution in [3.63, 3.8) is 0 Å². The predicted molar refractivity (Wildman–Crippen MR) is 84.6 cm³/mol. The van der Waals surface area contributed by atoms with Crippen LogP contribution in [0.2, 0.25) is 0 Å². The van der Waals surface area contributed by atoms with E-state index >= 15 is 0 Å². The van der Waals surface area contributed by atoms with Gasteiger partial charge in [-0.25, -0.2) is 4.79 Å². The number of carbonyl (C=O) groups excluding carboxylic acids is 1. The molecular formula is C17H24F3NO3. The Hall–Kier alpha value is -1.76. The van der Waals surface area contributed by atoms with E-state index in [1.54, 1.807) is 27.7 Å². The summed E-state index contributed by atoms with van der Waals surface area (Å²) in [4.78, 5) is 11.7. The Morgan fingerprint density at radius 3 is 2.08 bits per heavy atom. The van der Waals surface area contributed by atoms with E-state index in [1.165, 1.54) is 12.1 Å². The molecule has 0 saturated carbocycles. The van der Waals surface area contributed by atoms with Crippen molar-refractivity contribution in [1.29, 1.82) is 0 Å². The number of alkyl carbamates (subject to hydrolysis) is 1. The molecule has 0 aliphatic carbocycles. The summed E-state index contributed by atoms with van der Waals surface area (Å²) >= 11 is 0. The van der Waals surface area contributed by atoms with Crippen LogP contribution in [0.5, 0.6) is 0 Å². The summed E-state index contributed by atoms with van der Waals surface area (Å²) in [6, 6.07) is 4.78. The first-order chi connectivity index (χ1) is 10.8. The fourth-order valence-electron chi connectivity index (χ4n) is 2.08. The van der Waals surface area contributed by atoms with Gasteiger partial charge in [-0.2, -0.15) is 13.2 Å². The third kappa shape index (κ3) is 6.78. The van der Waals surface area contributed by atoms with Crippen LogP contribution in [-0.2, 0) is 17.3 Å². The largest absolute Gasteiger partial charge is 0.444 e. The highest BCUT2D eigenvalue weighted by Gasteiger charge is 2.31. The van der Waals surface area contributed by atoms with E-state index in [2.05, 4.69) is 5.32 Å². The van der Waals surface area contributed by atoms with Crippen molar-refractivity contribution < 1.29 is 27.8 Å². The van der Waals surface area contributed by atoms with Crippen LogP contribution >= 0.6 is 0 Å². The van der Waals surface area contributed by atoms with E-state index in [-0.39, 0.29) is 13.2 Å². The SMILES string of the molecule is CC(CO)(CNC(=O)OC(C)(C)C)Cc1ccc(C(F)(F)F)cc1. The number of aliphatic hydroxyl groups is 1. The molecule has 0 radical (unpaired) electrons. The Morgan fingerprint density at radius 1 is 1.12 bits per heavy atom. The third-order valence-corrected chi connectivity index (χ3v) is 3.35. The summed E-state index contributed by atoms with van der Waals surface area (Å²) in [5, 5.41) is 12.2. The summed E-state index contributed by atoms with van der Waals surface area (Å²) in [6.45, 7) is 6.85. The molecule has 0 aliphatic heterocycles. The molecule has 136 valence electrons. The highest BCUT2D eigenvalue weighted by Crippen LogP contribution is 2.30. The molecule has 0 fully saturated rings. The molecule has 1 aromatic rings. The number of halogens is 3. The van der Waals surface area contributed by atoms with Crippen LogP contribution in [0.25, 0.3) is 0 Å². The van der Waals surface area contributed by atoms with E-state index in [9.17, 15) is 23.1 Å². The van der Waals surface area contributed by atoms with Gasteiger partial charge in [0.15, 0.2) is 0 Å². The molecule has 2 N–H and O–H groups in total. The van der Waals surface area contributed by atoms with Gasteiger partial charge in [-0.1, -0.05) is 19.1 Å². The van der Waals surface area contributed by atoms with Crippen molar-refractivity contribution >= 4 is 6.09 Å². The lowest BCUT2D eigenvalue weighted by Gasteiger charge is -2.29. The van der Waals surface area contributed by atoms with Gasteiger partial charge < -0.3 is 15.2 Å². The van der Waals surface area contributed by atoms with Crippen LogP contribution < -0.4 is 5.32 Å². The number of amides is 1. The molecule has 0 spiro atoms. The van der Waals surface area contributed by atoms with Crippen molar-refractivity contribution in [2.24, 2.45) is 5.41 Å². The maximum Gasteiger partial charge on any atom is 0.416 e. The highest BCUT2D eigenvalue weighted by molar-refractivity contribution is 5.67. The van der Waals surface area contributed by atoms with Crippen molar-refractivity contribution in [2.75, 3.05) is 13.2 Å². The molecule has 0 aliphatic rings. The van der Waals surface area contributed by atoms with Crippen LogP contribution in [0.1, 0.15) is 38.8 Å². The number of nitrogens with one attached hydrogen (secondary N) is 1. The van der Waals surface area contributed by atoms with E-state index in [0.717, 1.165) is 12.1 Å². The van der Waals surface area contributed by atoms with E-state index in [4.69, 9.17) is 4.74 Å². The molecule has 24 heavy (non-hydrogen) atoms. The van der Waals surface area contributed by atoms with Gasteiger partial charge in [0.05, 0.1) is 12.2 Å². The number of hydrogen-bond donors (Lipinski definition) is 2. The lowest BCUT2D eigenvalue weighted by atomic mass is 9.84. The third-order valence-electron chi connectivity index (χ3n) is 3.35. The Morgan fingerprint density at radius 2 is 1.67 bits per heavy atom. The van der Waals surface area contributed by atoms with Crippen molar-refractivity contribution in [3.05, 3.63) is 35.4 Å². The second-order valence-electron chi connectivity index (χ2n) is 7.20. The molecule has 1 rings (SSSR count). The number of alkyl halides is 3. The number of carbonyl (C=O) groups is 1. The predicted octanol–water partition coefficient (Wildman–Crippen LogP) is 3.77. The minimum Gasteiger partial charge on any atom is -0.444 e. The minimum atomic E-state index is -4.38. The summed E-state index contributed by atoms with van der Waals surface area (Å²) in [7, 11) is 0. The second kappa shape index (κ2) is 7.42. The molecule has 0 aromatic heterocycles. The molecule has 1 unspecified atom stereocenters. The Kier molecular flexibility index (Phi) is 6.27. The van der Waals surface area contributed by atoms with Gasteiger partial charge in [0.25, 0.3) is 0 Å². The van der Waals surface area contributed by atoms with Gasteiger partial charge >= 0.3 is 12.3 Å². The zero-order valence-electron chi connectivity index (χ0n) is 14.3. The number of hydrogen-bond acceptors (Lipinski definition) is 3. The first kappa shape index (κ1) is 20.3. The first-order valence-corrected chi connectivity index (χ1v) is 7.58. The van der Waals surface area contributed by atoms with Crippen LogP contribution in [0, 0.1) is 5.41 Å². The molecule has 0 heterocycles. The summed E-state index contributed by atoms with van der Waals surface area (Å²) in [5.41, 5.74) is -1.42. The topological polar surface area (TPSA) is 58.6 Å². The first-order valence-electron chi connectivity index (χ1n) is 7.58. The summed E-state index contributed by atoms with van der Waals surface area (Å²) in [6.07, 6.45) is -4.66. The Labute approximate surface area is 140 Å². The minimum absolute atomic E-state index is 0.138. The standard InChI is InChI=1S/C17H24F3NO3/c1-15(2,3)24-14(23)21-10-16(4,11-22)9-12-5-7-13(8-6-12)17(18,19)20/h5-8,22H,9-11H2,1-4H3,(H,21,23). The van der Waals surface area contributed by atoms with Crippen LogP contribution in [-0.4, -0.2) is 30.0 Å². The molecule has 7 heteroatoms. The molecule has 0 bridgehead atoms. The smallest absolute Gasteiger partial charge is 0.416 e. The monoisotopic (exact) mass is 347 g/mol. The van der Waals surface area contributed by atoms with E-state index in [0.29, 0.717) is 12.0 Å². The fourth-order valence-corrected chi connectivity index (χ4v) is 2.08. The number of aliphatic hydroxyl groups excluding tert-OH is 1. The molecule has 4 nitrogen and oxygen atoms in total. The van der Waals surface area contributed by atoms with Gasteiger partial charge in [-0.05, 0) is 44.9 Å². The van der Waals surface area contributed by atoms with Crippen molar-refractivity contribution in [1.82, 2.24) is 5.32 Å². The normalized spacial score (nSPS) is 14.8. The maximum absolute atomic E-state index is 12.6. The van der Waals surface area contributed by atoms with Gasteiger partial charge in [0.1, 0.15) is 5.60 Å². The van der Waals surface area contributed by atoms with Crippen LogP contribution in [0.15, 0.2) is 24.3 Å². The quantitative estimate of drug-likeness (QED) is 0.852. The average molecular weight is 347 g/mol. The van der Waals surface area contributed by atoms with Gasteiger partial charge in [-0.3, -0.25) is 0 Å². The molecular weight excluding hydrogens is 323 g/mol. The lowest BCUT2D eigenvalue weighted by molar-refractivity contribution is -0.137. The molecule has 0 saturated heterocycles. The summed E-state index contributed by atoms with van der Waals surface area (Å²) < 4.78 is 42.8. The Balaban J connectivity index is 2.69. The van der Waals surface area contributed by atoms with Gasteiger partial charge in [0.2, 0.25) is 0 Å². The van der Waals surface area contributed by atoms with Crippen molar-refractivity contribution in [3.8, 4) is 0 Å². The number of ether oxygens (including phenoxy) is 1. The second-order valence-corrected chi connectivity index (χ2v) is 7.20. The Bertz CT molecular complexity index is 550. The van der Waals surface area contributed by atoms with E-state index in [1.807, 2.05) is 0 Å². The molecule has 1 aromatic carbocycles. The van der Waals surface area contributed by atoms with Crippen molar-refractivity contribution in [2.45, 2.75) is 45.9 Å². The summed E-state index contributed by atoms with van der Waals surface area (Å²) in [5.74, 6) is 0. The average Bonchev–Trinajstić information content (AvgIpc) is 2.43. The molecule has 1 atom stereocenters. The zero-order chi connectivity index (χ0) is 18.6. The number of benzene rings is 1. The van der Waals surface area contributed by atoms with E-state index < -0.39 is 28.8 Å². The zero-order valence-corrected chi connectivity index (χ0v) is 14.3. The lowest BCUT2D eigenvalue weighted by Crippen LogP contribution is -2.41. The fraction of sp³-hybridized carbons (Fsp3) is 0.588. The van der Waals surface area contributed by atoms with Crippen LogP contribution in [0.3, 0.4) is 0 Å². The van der Waals surface area contributed by atoms with Crippen LogP contribution in [0.4, 0.5) is 18.0 Å². The van der Waals surface area contributed by atoms with Gasteiger partial charge in [0, 0.05) is 12.0 Å². The number of rotatable bonds is 5. The van der Waals surface area contributed by atoms with Gasteiger partial charge in [-0.15, -0.1) is 0 Å².